The fourth-order valence-electron chi connectivity index (χ4n) is 4.46. The van der Waals surface area contributed by atoms with Crippen LogP contribution in [-0.2, 0) is 10.2 Å². The molecular weight excluding hydrogens is 336 g/mol. The van der Waals surface area contributed by atoms with Crippen LogP contribution in [0, 0.1) is 0 Å². The van der Waals surface area contributed by atoms with E-state index in [2.05, 4.69) is 43.0 Å². The van der Waals surface area contributed by atoms with Crippen LogP contribution in [0.3, 0.4) is 0 Å². The van der Waals surface area contributed by atoms with Gasteiger partial charge in [0, 0.05) is 31.6 Å². The van der Waals surface area contributed by atoms with Gasteiger partial charge in [-0.1, -0.05) is 56.3 Å². The molecule has 1 saturated heterocycles. The van der Waals surface area contributed by atoms with Crippen LogP contribution < -0.4 is 4.74 Å². The van der Waals surface area contributed by atoms with Crippen molar-refractivity contribution < 1.29 is 9.53 Å². The molecule has 1 amide bonds. The molecule has 4 heteroatoms. The zero-order chi connectivity index (χ0) is 18.9. The van der Waals surface area contributed by atoms with Crippen molar-refractivity contribution >= 4 is 5.91 Å². The zero-order valence-corrected chi connectivity index (χ0v) is 16.2. The van der Waals surface area contributed by atoms with Crippen molar-refractivity contribution in [2.45, 2.75) is 31.7 Å². The number of benzene rings is 2. The molecule has 27 heavy (non-hydrogen) atoms. The van der Waals surface area contributed by atoms with Crippen molar-refractivity contribution in [3.05, 3.63) is 65.7 Å². The van der Waals surface area contributed by atoms with Gasteiger partial charge in [-0.3, -0.25) is 9.69 Å². The van der Waals surface area contributed by atoms with E-state index < -0.39 is 0 Å². The van der Waals surface area contributed by atoms with Crippen LogP contribution in [0.1, 0.15) is 37.4 Å². The molecule has 2 heterocycles. The van der Waals surface area contributed by atoms with E-state index in [4.69, 9.17) is 4.74 Å². The molecule has 0 aromatic heterocycles. The van der Waals surface area contributed by atoms with Crippen molar-refractivity contribution in [2.75, 3.05) is 32.8 Å². The number of hydrogen-bond acceptors (Lipinski definition) is 3. The monoisotopic (exact) mass is 364 g/mol. The van der Waals surface area contributed by atoms with Crippen LogP contribution >= 0.6 is 0 Å². The summed E-state index contributed by atoms with van der Waals surface area (Å²) in [5.74, 6) is 1.01. The van der Waals surface area contributed by atoms with Crippen molar-refractivity contribution in [3.8, 4) is 5.75 Å². The Kier molecular flexibility index (Phi) is 4.92. The first-order valence-electron chi connectivity index (χ1n) is 9.84. The minimum absolute atomic E-state index is 0.156. The largest absolute Gasteiger partial charge is 0.493 e. The third-order valence-electron chi connectivity index (χ3n) is 5.82. The molecule has 2 aromatic carbocycles. The number of fused-ring (bicyclic) bond motifs is 3. The standard InChI is InChI=1S/C23H28N2O2/c1-23(2)17-25-14-13-24(16-21(25)19-10-6-7-11-20(19)23)22(26)12-15-27-18-8-4-3-5-9-18/h3-11,21H,12-17H2,1-2H3. The van der Waals surface area contributed by atoms with E-state index in [0.29, 0.717) is 19.1 Å². The van der Waals surface area contributed by atoms with Gasteiger partial charge in [0.05, 0.1) is 19.1 Å². The van der Waals surface area contributed by atoms with Crippen molar-refractivity contribution in [2.24, 2.45) is 0 Å². The van der Waals surface area contributed by atoms with E-state index in [9.17, 15) is 4.79 Å². The molecule has 2 aliphatic rings. The summed E-state index contributed by atoms with van der Waals surface area (Å²) in [7, 11) is 0. The normalized spacial score (nSPS) is 21.3. The van der Waals surface area contributed by atoms with Gasteiger partial charge in [-0.05, 0) is 23.3 Å². The van der Waals surface area contributed by atoms with Crippen LogP contribution in [0.25, 0.3) is 0 Å². The lowest BCUT2D eigenvalue weighted by molar-refractivity contribution is -0.135. The maximum absolute atomic E-state index is 12.7. The van der Waals surface area contributed by atoms with Crippen LogP contribution in [0.15, 0.2) is 54.6 Å². The van der Waals surface area contributed by atoms with Gasteiger partial charge >= 0.3 is 0 Å². The van der Waals surface area contributed by atoms with Gasteiger partial charge in [0.15, 0.2) is 0 Å². The maximum atomic E-state index is 12.7. The number of amides is 1. The molecule has 2 aromatic rings. The second-order valence-corrected chi connectivity index (χ2v) is 8.21. The predicted molar refractivity (Wildman–Crippen MR) is 107 cm³/mol. The lowest BCUT2D eigenvalue weighted by Crippen LogP contribution is -2.56. The van der Waals surface area contributed by atoms with Crippen molar-refractivity contribution in [3.63, 3.8) is 0 Å². The molecular formula is C23H28N2O2. The van der Waals surface area contributed by atoms with Crippen molar-refractivity contribution in [1.29, 1.82) is 0 Å². The van der Waals surface area contributed by atoms with E-state index >= 15 is 0 Å². The Morgan fingerprint density at radius 3 is 2.63 bits per heavy atom. The summed E-state index contributed by atoms with van der Waals surface area (Å²) in [6, 6.07) is 18.7. The Morgan fingerprint density at radius 1 is 1.07 bits per heavy atom. The summed E-state index contributed by atoms with van der Waals surface area (Å²) in [6.07, 6.45) is 0.425. The molecule has 1 atom stereocenters. The number of carbonyl (C=O) groups excluding carboxylic acids is 1. The fourth-order valence-corrected chi connectivity index (χ4v) is 4.46. The quantitative estimate of drug-likeness (QED) is 0.830. The predicted octanol–water partition coefficient (Wildman–Crippen LogP) is 3.63. The van der Waals surface area contributed by atoms with Crippen LogP contribution in [-0.4, -0.2) is 48.5 Å². The van der Waals surface area contributed by atoms with E-state index in [0.717, 1.165) is 31.9 Å². The van der Waals surface area contributed by atoms with Gasteiger partial charge in [0.2, 0.25) is 5.91 Å². The van der Waals surface area contributed by atoms with E-state index in [1.54, 1.807) is 0 Å². The molecule has 0 radical (unpaired) electrons. The molecule has 0 N–H and O–H groups in total. The third kappa shape index (κ3) is 3.72. The Labute approximate surface area is 161 Å². The van der Waals surface area contributed by atoms with Crippen LogP contribution in [0.5, 0.6) is 5.75 Å². The zero-order valence-electron chi connectivity index (χ0n) is 16.2. The van der Waals surface area contributed by atoms with Gasteiger partial charge in [-0.2, -0.15) is 0 Å². The Bertz CT molecular complexity index is 803. The maximum Gasteiger partial charge on any atom is 0.226 e. The third-order valence-corrected chi connectivity index (χ3v) is 5.82. The molecule has 0 aliphatic carbocycles. The summed E-state index contributed by atoms with van der Waals surface area (Å²) < 4.78 is 5.70. The van der Waals surface area contributed by atoms with Gasteiger partial charge in [-0.15, -0.1) is 0 Å². The molecule has 1 unspecified atom stereocenters. The molecule has 4 rings (SSSR count). The number of nitrogens with zero attached hydrogens (tertiary/aromatic N) is 2. The first-order chi connectivity index (χ1) is 13.0. The van der Waals surface area contributed by atoms with Gasteiger partial charge in [0.1, 0.15) is 5.75 Å². The Morgan fingerprint density at radius 2 is 1.81 bits per heavy atom. The topological polar surface area (TPSA) is 32.8 Å². The van der Waals surface area contributed by atoms with E-state index in [1.165, 1.54) is 11.1 Å². The Balaban J connectivity index is 1.40. The minimum Gasteiger partial charge on any atom is -0.493 e. The summed E-state index contributed by atoms with van der Waals surface area (Å²) in [5, 5.41) is 0. The minimum atomic E-state index is 0.156. The van der Waals surface area contributed by atoms with Gasteiger partial charge in [0.25, 0.3) is 0 Å². The smallest absolute Gasteiger partial charge is 0.226 e. The highest BCUT2D eigenvalue weighted by molar-refractivity contribution is 5.76. The first kappa shape index (κ1) is 18.1. The van der Waals surface area contributed by atoms with Crippen LogP contribution in [0.4, 0.5) is 0 Å². The number of ether oxygens (including phenoxy) is 1. The highest BCUT2D eigenvalue weighted by Crippen LogP contribution is 2.40. The summed E-state index contributed by atoms with van der Waals surface area (Å²) in [5.41, 5.74) is 2.96. The lowest BCUT2D eigenvalue weighted by atomic mass is 9.75. The van der Waals surface area contributed by atoms with E-state index in [1.807, 2.05) is 35.2 Å². The molecule has 2 aliphatic heterocycles. The molecule has 0 bridgehead atoms. The fraction of sp³-hybridized carbons (Fsp3) is 0.435. The second kappa shape index (κ2) is 7.35. The average Bonchev–Trinajstić information content (AvgIpc) is 2.68. The average molecular weight is 364 g/mol. The molecule has 4 nitrogen and oxygen atoms in total. The highest BCUT2D eigenvalue weighted by atomic mass is 16.5. The molecule has 0 spiro atoms. The summed E-state index contributed by atoms with van der Waals surface area (Å²) in [4.78, 5) is 17.3. The Hall–Kier alpha value is -2.33. The summed E-state index contributed by atoms with van der Waals surface area (Å²) >= 11 is 0. The summed E-state index contributed by atoms with van der Waals surface area (Å²) in [6.45, 7) is 8.63. The number of carbonyl (C=O) groups is 1. The van der Waals surface area contributed by atoms with Gasteiger partial charge in [-0.25, -0.2) is 0 Å². The molecule has 1 fully saturated rings. The number of hydrogen-bond donors (Lipinski definition) is 0. The number of piperazine rings is 1. The lowest BCUT2D eigenvalue weighted by Gasteiger charge is -2.50. The van der Waals surface area contributed by atoms with Crippen molar-refractivity contribution in [1.82, 2.24) is 9.80 Å². The number of para-hydroxylation sites is 1. The molecule has 142 valence electrons. The number of rotatable bonds is 4. The molecule has 0 saturated carbocycles. The second-order valence-electron chi connectivity index (χ2n) is 8.21. The SMILES string of the molecule is CC1(C)CN2CCN(C(=O)CCOc3ccccc3)CC2c2ccccc21. The highest BCUT2D eigenvalue weighted by Gasteiger charge is 2.40. The van der Waals surface area contributed by atoms with Gasteiger partial charge < -0.3 is 9.64 Å². The van der Waals surface area contributed by atoms with Crippen LogP contribution in [0.2, 0.25) is 0 Å². The van der Waals surface area contributed by atoms with E-state index in [-0.39, 0.29) is 11.3 Å². The first-order valence-corrected chi connectivity index (χ1v) is 9.84.